The monoisotopic (exact) mass is 283 g/mol. The number of hydrogen-bond acceptors (Lipinski definition) is 1. The van der Waals surface area contributed by atoms with Crippen LogP contribution in [0.3, 0.4) is 0 Å². The summed E-state index contributed by atoms with van der Waals surface area (Å²) in [5, 5.41) is -0.570. The molecule has 0 aliphatic rings. The molecular formula is C12H14ClF4N. The molecule has 0 fully saturated rings. The van der Waals surface area contributed by atoms with Crippen molar-refractivity contribution >= 4 is 11.6 Å². The van der Waals surface area contributed by atoms with E-state index < -0.39 is 34.0 Å². The molecule has 0 heterocycles. The number of hydrogen-bond donors (Lipinski definition) is 1. The number of rotatable bonds is 1. The molecular weight excluding hydrogens is 270 g/mol. The van der Waals surface area contributed by atoms with Gasteiger partial charge in [-0.05, 0) is 17.5 Å². The molecule has 1 nitrogen and oxygen atoms in total. The van der Waals surface area contributed by atoms with Crippen LogP contribution in [0.25, 0.3) is 0 Å². The Kier molecular flexibility index (Phi) is 3.98. The Balaban J connectivity index is 3.41. The Hall–Kier alpha value is -0.810. The largest absolute Gasteiger partial charge is 0.416 e. The van der Waals surface area contributed by atoms with E-state index in [0.717, 1.165) is 6.07 Å². The summed E-state index contributed by atoms with van der Waals surface area (Å²) in [6.45, 7) is 5.14. The highest BCUT2D eigenvalue weighted by Gasteiger charge is 2.34. The Labute approximate surface area is 108 Å². The third-order valence-corrected chi connectivity index (χ3v) is 2.93. The molecule has 1 aromatic rings. The van der Waals surface area contributed by atoms with Crippen LogP contribution in [0.1, 0.15) is 37.9 Å². The van der Waals surface area contributed by atoms with Gasteiger partial charge in [-0.1, -0.05) is 32.4 Å². The van der Waals surface area contributed by atoms with Crippen LogP contribution in [0.5, 0.6) is 0 Å². The van der Waals surface area contributed by atoms with Gasteiger partial charge in [0.05, 0.1) is 10.6 Å². The van der Waals surface area contributed by atoms with E-state index in [4.69, 9.17) is 17.3 Å². The van der Waals surface area contributed by atoms with Crippen molar-refractivity contribution in [2.45, 2.75) is 33.0 Å². The third-order valence-electron chi connectivity index (χ3n) is 2.65. The quantitative estimate of drug-likeness (QED) is 0.752. The molecule has 102 valence electrons. The SMILES string of the molecule is CC(C)(C)[C@H](N)c1cc(C(F)(F)F)cc(Cl)c1F. The van der Waals surface area contributed by atoms with Crippen LogP contribution in [0, 0.1) is 11.2 Å². The average Bonchev–Trinajstić information content (AvgIpc) is 2.17. The lowest BCUT2D eigenvalue weighted by Gasteiger charge is -2.28. The highest BCUT2D eigenvalue weighted by Crippen LogP contribution is 2.38. The van der Waals surface area contributed by atoms with E-state index >= 15 is 0 Å². The lowest BCUT2D eigenvalue weighted by molar-refractivity contribution is -0.137. The second kappa shape index (κ2) is 4.70. The maximum atomic E-state index is 13.8. The average molecular weight is 284 g/mol. The van der Waals surface area contributed by atoms with E-state index in [-0.39, 0.29) is 5.56 Å². The molecule has 0 aliphatic carbocycles. The van der Waals surface area contributed by atoms with Gasteiger partial charge in [0.2, 0.25) is 0 Å². The molecule has 0 aromatic heterocycles. The molecule has 1 rings (SSSR count). The van der Waals surface area contributed by atoms with Gasteiger partial charge in [0.1, 0.15) is 5.82 Å². The van der Waals surface area contributed by atoms with Crippen LogP contribution in [0.2, 0.25) is 5.02 Å². The summed E-state index contributed by atoms with van der Waals surface area (Å²) >= 11 is 5.49. The Morgan fingerprint density at radius 1 is 1.17 bits per heavy atom. The molecule has 1 aromatic carbocycles. The highest BCUT2D eigenvalue weighted by molar-refractivity contribution is 6.30. The predicted molar refractivity (Wildman–Crippen MR) is 62.8 cm³/mol. The van der Waals surface area contributed by atoms with Gasteiger partial charge in [-0.3, -0.25) is 0 Å². The van der Waals surface area contributed by atoms with E-state index in [1.54, 1.807) is 20.8 Å². The van der Waals surface area contributed by atoms with Crippen molar-refractivity contribution in [3.05, 3.63) is 34.1 Å². The highest BCUT2D eigenvalue weighted by atomic mass is 35.5. The number of halogens is 5. The van der Waals surface area contributed by atoms with Crippen molar-refractivity contribution < 1.29 is 17.6 Å². The van der Waals surface area contributed by atoms with Crippen molar-refractivity contribution in [1.82, 2.24) is 0 Å². The molecule has 1 atom stereocenters. The van der Waals surface area contributed by atoms with Gasteiger partial charge in [0, 0.05) is 11.6 Å². The molecule has 0 radical (unpaired) electrons. The van der Waals surface area contributed by atoms with E-state index in [1.165, 1.54) is 0 Å². The van der Waals surface area contributed by atoms with Crippen LogP contribution in [0.15, 0.2) is 12.1 Å². The third kappa shape index (κ3) is 3.14. The maximum Gasteiger partial charge on any atom is 0.416 e. The zero-order valence-corrected chi connectivity index (χ0v) is 11.0. The molecule has 2 N–H and O–H groups in total. The number of nitrogens with two attached hydrogens (primary N) is 1. The van der Waals surface area contributed by atoms with Crippen molar-refractivity contribution in [1.29, 1.82) is 0 Å². The van der Waals surface area contributed by atoms with Gasteiger partial charge in [-0.25, -0.2) is 4.39 Å². The molecule has 18 heavy (non-hydrogen) atoms. The molecule has 0 unspecified atom stereocenters. The number of alkyl halides is 3. The lowest BCUT2D eigenvalue weighted by Crippen LogP contribution is -2.27. The van der Waals surface area contributed by atoms with Crippen LogP contribution in [-0.4, -0.2) is 0 Å². The summed E-state index contributed by atoms with van der Waals surface area (Å²) in [5.74, 6) is -0.896. The normalized spacial score (nSPS) is 14.7. The van der Waals surface area contributed by atoms with Crippen LogP contribution < -0.4 is 5.73 Å². The minimum atomic E-state index is -4.58. The van der Waals surface area contributed by atoms with Gasteiger partial charge < -0.3 is 5.73 Å². The van der Waals surface area contributed by atoms with E-state index in [2.05, 4.69) is 0 Å². The molecule has 0 aliphatic heterocycles. The summed E-state index contributed by atoms with van der Waals surface area (Å²) in [5.41, 5.74) is 4.00. The summed E-state index contributed by atoms with van der Waals surface area (Å²) in [6.07, 6.45) is -4.58. The van der Waals surface area contributed by atoms with Crippen LogP contribution in [0.4, 0.5) is 17.6 Å². The minimum Gasteiger partial charge on any atom is -0.323 e. The summed E-state index contributed by atoms with van der Waals surface area (Å²) in [7, 11) is 0. The number of benzene rings is 1. The zero-order chi connectivity index (χ0) is 14.3. The first-order valence-corrected chi connectivity index (χ1v) is 5.64. The summed E-state index contributed by atoms with van der Waals surface area (Å²) in [6, 6.07) is 0.407. The van der Waals surface area contributed by atoms with Crippen molar-refractivity contribution in [2.75, 3.05) is 0 Å². The molecule has 0 saturated heterocycles. The summed E-state index contributed by atoms with van der Waals surface area (Å²) < 4.78 is 51.6. The van der Waals surface area contributed by atoms with Gasteiger partial charge in [-0.15, -0.1) is 0 Å². The van der Waals surface area contributed by atoms with E-state index in [1.807, 2.05) is 0 Å². The van der Waals surface area contributed by atoms with Crippen LogP contribution in [-0.2, 0) is 6.18 Å². The fraction of sp³-hybridized carbons (Fsp3) is 0.500. The topological polar surface area (TPSA) is 26.0 Å². The maximum absolute atomic E-state index is 13.8. The molecule has 0 amide bonds. The van der Waals surface area contributed by atoms with Gasteiger partial charge >= 0.3 is 6.18 Å². The Morgan fingerprint density at radius 3 is 2.06 bits per heavy atom. The smallest absolute Gasteiger partial charge is 0.323 e. The summed E-state index contributed by atoms with van der Waals surface area (Å²) in [4.78, 5) is 0. The van der Waals surface area contributed by atoms with Gasteiger partial charge in [0.25, 0.3) is 0 Å². The first-order chi connectivity index (χ1) is 7.94. The van der Waals surface area contributed by atoms with E-state index in [9.17, 15) is 17.6 Å². The molecule has 0 bridgehead atoms. The second-order valence-corrected chi connectivity index (χ2v) is 5.61. The van der Waals surface area contributed by atoms with Crippen molar-refractivity contribution in [3.8, 4) is 0 Å². The van der Waals surface area contributed by atoms with Gasteiger partial charge in [-0.2, -0.15) is 13.2 Å². The second-order valence-electron chi connectivity index (χ2n) is 5.20. The van der Waals surface area contributed by atoms with Crippen LogP contribution >= 0.6 is 11.6 Å². The minimum absolute atomic E-state index is 0.220. The lowest BCUT2D eigenvalue weighted by atomic mass is 9.82. The fourth-order valence-electron chi connectivity index (χ4n) is 1.47. The standard InChI is InChI=1S/C12H14ClF4N/c1-11(2,3)10(18)7-4-6(12(15,16)17)5-8(13)9(7)14/h4-5,10H,18H2,1-3H3/t10-/m1/s1. The van der Waals surface area contributed by atoms with Gasteiger partial charge in [0.15, 0.2) is 0 Å². The Morgan fingerprint density at radius 2 is 1.67 bits per heavy atom. The predicted octanol–water partition coefficient (Wildman–Crippen LogP) is 4.54. The molecule has 0 saturated carbocycles. The first kappa shape index (κ1) is 15.2. The first-order valence-electron chi connectivity index (χ1n) is 5.26. The molecule has 6 heteroatoms. The Bertz CT molecular complexity index is 449. The van der Waals surface area contributed by atoms with Crippen molar-refractivity contribution in [2.24, 2.45) is 11.1 Å². The van der Waals surface area contributed by atoms with Crippen molar-refractivity contribution in [3.63, 3.8) is 0 Å². The fourth-order valence-corrected chi connectivity index (χ4v) is 1.69. The molecule has 0 spiro atoms. The van der Waals surface area contributed by atoms with E-state index in [0.29, 0.717) is 6.07 Å². The zero-order valence-electron chi connectivity index (χ0n) is 10.2.